The lowest BCUT2D eigenvalue weighted by atomic mass is 9.77. The SMILES string of the molecule is O=C(c1cccs1)N1CCN(C2=C([N+](=O)[O-])C(=O)N(Cc3ccc4ccccc4c3)C3CCCCC23)CC1. The smallest absolute Gasteiger partial charge is 0.352 e. The molecule has 3 aromatic rings. The van der Waals surface area contributed by atoms with Gasteiger partial charge < -0.3 is 14.7 Å². The number of carbonyl (C=O) groups excluding carboxylic acids is 2. The van der Waals surface area contributed by atoms with Gasteiger partial charge in [-0.3, -0.25) is 19.7 Å². The predicted octanol–water partition coefficient (Wildman–Crippen LogP) is 4.75. The molecule has 0 bridgehead atoms. The molecule has 1 aromatic heterocycles. The van der Waals surface area contributed by atoms with Crippen LogP contribution in [-0.4, -0.2) is 63.7 Å². The summed E-state index contributed by atoms with van der Waals surface area (Å²) in [6.45, 7) is 2.31. The van der Waals surface area contributed by atoms with Gasteiger partial charge in [0.1, 0.15) is 5.70 Å². The molecule has 2 atom stereocenters. The molecule has 0 radical (unpaired) electrons. The van der Waals surface area contributed by atoms with Gasteiger partial charge in [0.2, 0.25) is 0 Å². The summed E-state index contributed by atoms with van der Waals surface area (Å²) < 4.78 is 0. The van der Waals surface area contributed by atoms with Crippen molar-refractivity contribution in [3.63, 3.8) is 0 Å². The number of carbonyl (C=O) groups is 2. The highest BCUT2D eigenvalue weighted by atomic mass is 32.1. The van der Waals surface area contributed by atoms with Crippen molar-refractivity contribution >= 4 is 33.9 Å². The van der Waals surface area contributed by atoms with Crippen LogP contribution in [0.2, 0.25) is 0 Å². The second kappa shape index (κ2) is 10.2. The topological polar surface area (TPSA) is 87.0 Å². The maximum Gasteiger partial charge on any atom is 0.352 e. The van der Waals surface area contributed by atoms with Gasteiger partial charge in [0.25, 0.3) is 5.91 Å². The first kappa shape index (κ1) is 24.6. The van der Waals surface area contributed by atoms with E-state index < -0.39 is 10.8 Å². The van der Waals surface area contributed by atoms with Crippen molar-refractivity contribution in [2.45, 2.75) is 38.3 Å². The zero-order valence-corrected chi connectivity index (χ0v) is 21.9. The standard InChI is InChI=1S/C29H30N4O4S/c34-28(25-10-5-17-38-25)31-15-13-30(14-16-31)26-23-8-3-4-9-24(23)32(29(35)27(26)33(36)37)19-20-11-12-21-6-1-2-7-22(21)18-20/h1-2,5-7,10-12,17-18,23-24H,3-4,8-9,13-16,19H2. The Morgan fingerprint density at radius 2 is 1.74 bits per heavy atom. The molecule has 2 fully saturated rings. The molecule has 2 aromatic carbocycles. The summed E-state index contributed by atoms with van der Waals surface area (Å²) in [4.78, 5) is 44.9. The largest absolute Gasteiger partial charge is 0.365 e. The van der Waals surface area contributed by atoms with Crippen LogP contribution in [0.5, 0.6) is 0 Å². The van der Waals surface area contributed by atoms with E-state index in [1.54, 1.807) is 4.90 Å². The van der Waals surface area contributed by atoms with E-state index in [2.05, 4.69) is 12.1 Å². The van der Waals surface area contributed by atoms with Gasteiger partial charge in [-0.15, -0.1) is 11.3 Å². The van der Waals surface area contributed by atoms with Crippen molar-refractivity contribution in [3.8, 4) is 0 Å². The van der Waals surface area contributed by atoms with E-state index in [0.717, 1.165) is 42.0 Å². The van der Waals surface area contributed by atoms with Gasteiger partial charge in [-0.2, -0.15) is 0 Å². The van der Waals surface area contributed by atoms with Gasteiger partial charge in [-0.05, 0) is 46.7 Å². The summed E-state index contributed by atoms with van der Waals surface area (Å²) in [5.41, 5.74) is 1.28. The quantitative estimate of drug-likeness (QED) is 0.351. The highest BCUT2D eigenvalue weighted by molar-refractivity contribution is 7.12. The van der Waals surface area contributed by atoms with Crippen LogP contribution in [-0.2, 0) is 11.3 Å². The highest BCUT2D eigenvalue weighted by Crippen LogP contribution is 2.42. The third-order valence-electron chi connectivity index (χ3n) is 8.18. The number of piperazine rings is 1. The van der Waals surface area contributed by atoms with Crippen molar-refractivity contribution in [3.05, 3.63) is 91.9 Å². The third kappa shape index (κ3) is 4.45. The molecule has 196 valence electrons. The molecular weight excluding hydrogens is 500 g/mol. The predicted molar refractivity (Wildman–Crippen MR) is 146 cm³/mol. The van der Waals surface area contributed by atoms with Crippen molar-refractivity contribution in [2.24, 2.45) is 5.92 Å². The van der Waals surface area contributed by atoms with E-state index in [-0.39, 0.29) is 23.6 Å². The highest BCUT2D eigenvalue weighted by Gasteiger charge is 2.50. The number of hydrogen-bond donors (Lipinski definition) is 0. The minimum atomic E-state index is -0.488. The van der Waals surface area contributed by atoms with Crippen molar-refractivity contribution in [1.82, 2.24) is 14.7 Å². The molecule has 2 aliphatic heterocycles. The second-order valence-corrected chi connectivity index (χ2v) is 11.3. The van der Waals surface area contributed by atoms with Crippen molar-refractivity contribution < 1.29 is 14.5 Å². The molecule has 2 unspecified atom stereocenters. The van der Waals surface area contributed by atoms with Gasteiger partial charge in [0.05, 0.1) is 9.80 Å². The number of thiophene rings is 1. The summed E-state index contributed by atoms with van der Waals surface area (Å²) >= 11 is 1.42. The summed E-state index contributed by atoms with van der Waals surface area (Å²) in [6.07, 6.45) is 3.67. The fraction of sp³-hybridized carbons (Fsp3) is 0.379. The maximum absolute atomic E-state index is 13.8. The fourth-order valence-corrected chi connectivity index (χ4v) is 7.05. The van der Waals surface area contributed by atoms with E-state index in [4.69, 9.17) is 0 Å². The minimum absolute atomic E-state index is 0.0000436. The molecule has 38 heavy (non-hydrogen) atoms. The van der Waals surface area contributed by atoms with Crippen molar-refractivity contribution in [1.29, 1.82) is 0 Å². The van der Waals surface area contributed by atoms with E-state index in [1.807, 2.05) is 57.6 Å². The average molecular weight is 531 g/mol. The Kier molecular flexibility index (Phi) is 6.61. The lowest BCUT2D eigenvalue weighted by molar-refractivity contribution is -0.424. The number of nitrogens with zero attached hydrogens (tertiary/aromatic N) is 4. The number of hydrogen-bond acceptors (Lipinski definition) is 6. The zero-order chi connectivity index (χ0) is 26.2. The van der Waals surface area contributed by atoms with E-state index >= 15 is 0 Å². The molecule has 1 saturated carbocycles. The van der Waals surface area contributed by atoms with Crippen LogP contribution in [0.15, 0.2) is 71.4 Å². The Bertz CT molecular complexity index is 1410. The molecule has 3 aliphatic rings. The molecule has 3 heterocycles. The maximum atomic E-state index is 13.8. The molecular formula is C29H30N4O4S. The number of benzene rings is 2. The van der Waals surface area contributed by atoms with E-state index in [9.17, 15) is 19.7 Å². The Labute approximate surface area is 225 Å². The summed E-state index contributed by atoms with van der Waals surface area (Å²) in [6, 6.07) is 17.8. The monoisotopic (exact) mass is 530 g/mol. The number of fused-ring (bicyclic) bond motifs is 2. The summed E-state index contributed by atoms with van der Waals surface area (Å²) in [5, 5.41) is 16.5. The number of amides is 2. The molecule has 9 heteroatoms. The Balaban J connectivity index is 1.29. The first-order valence-corrected chi connectivity index (χ1v) is 14.1. The first-order chi connectivity index (χ1) is 18.5. The van der Waals surface area contributed by atoms with E-state index in [0.29, 0.717) is 43.3 Å². The van der Waals surface area contributed by atoms with Crippen LogP contribution in [0.1, 0.15) is 40.9 Å². The molecule has 0 spiro atoms. The van der Waals surface area contributed by atoms with Crippen LogP contribution in [0, 0.1) is 16.0 Å². The van der Waals surface area contributed by atoms with Gasteiger partial charge in [0, 0.05) is 44.7 Å². The lowest BCUT2D eigenvalue weighted by Crippen LogP contribution is -2.57. The normalized spacial score (nSPS) is 22.1. The molecule has 1 saturated heterocycles. The van der Waals surface area contributed by atoms with Gasteiger partial charge in [-0.1, -0.05) is 55.3 Å². The number of nitro groups is 1. The Morgan fingerprint density at radius 1 is 0.974 bits per heavy atom. The first-order valence-electron chi connectivity index (χ1n) is 13.3. The Morgan fingerprint density at radius 3 is 2.47 bits per heavy atom. The van der Waals surface area contributed by atoms with Crippen LogP contribution >= 0.6 is 11.3 Å². The molecule has 0 N–H and O–H groups in total. The average Bonchev–Trinajstić information content (AvgIpc) is 3.49. The summed E-state index contributed by atoms with van der Waals surface area (Å²) in [5.74, 6) is -0.555. The zero-order valence-electron chi connectivity index (χ0n) is 21.1. The summed E-state index contributed by atoms with van der Waals surface area (Å²) in [7, 11) is 0. The van der Waals surface area contributed by atoms with Gasteiger partial charge in [-0.25, -0.2) is 0 Å². The molecule has 6 rings (SSSR count). The van der Waals surface area contributed by atoms with Crippen LogP contribution in [0.25, 0.3) is 10.8 Å². The van der Waals surface area contributed by atoms with E-state index in [1.165, 1.54) is 11.3 Å². The fourth-order valence-electron chi connectivity index (χ4n) is 6.36. The molecule has 8 nitrogen and oxygen atoms in total. The van der Waals surface area contributed by atoms with Crippen LogP contribution < -0.4 is 0 Å². The van der Waals surface area contributed by atoms with Crippen LogP contribution in [0.4, 0.5) is 0 Å². The molecule has 1 aliphatic carbocycles. The second-order valence-electron chi connectivity index (χ2n) is 10.3. The van der Waals surface area contributed by atoms with Gasteiger partial charge >= 0.3 is 11.6 Å². The lowest BCUT2D eigenvalue weighted by Gasteiger charge is -2.47. The third-order valence-corrected chi connectivity index (χ3v) is 9.03. The Hall–Kier alpha value is -3.72. The minimum Gasteiger partial charge on any atom is -0.365 e. The van der Waals surface area contributed by atoms with Crippen molar-refractivity contribution in [2.75, 3.05) is 26.2 Å². The van der Waals surface area contributed by atoms with Gasteiger partial charge in [0.15, 0.2) is 0 Å². The van der Waals surface area contributed by atoms with Crippen LogP contribution in [0.3, 0.4) is 0 Å². The molecule has 2 amide bonds. The number of rotatable bonds is 5.